The maximum Gasteiger partial charge on any atom is 0.313 e. The molecule has 17 heavy (non-hydrogen) atoms. The predicted molar refractivity (Wildman–Crippen MR) is 66.3 cm³/mol. The first-order valence-corrected chi connectivity index (χ1v) is 5.38. The molecule has 0 fully saturated rings. The van der Waals surface area contributed by atoms with Crippen molar-refractivity contribution in [2.75, 3.05) is 0 Å². The molecule has 0 bridgehead atoms. The van der Waals surface area contributed by atoms with Crippen molar-refractivity contribution in [3.63, 3.8) is 0 Å². The Hall–Kier alpha value is -2.03. The van der Waals surface area contributed by atoms with E-state index in [1.54, 1.807) is 26.0 Å². The average Bonchev–Trinajstić information content (AvgIpc) is 2.27. The number of rotatable bonds is 2. The van der Waals surface area contributed by atoms with Crippen LogP contribution in [0.4, 0.5) is 0 Å². The van der Waals surface area contributed by atoms with Crippen LogP contribution in [-0.2, 0) is 10.2 Å². The third-order valence-electron chi connectivity index (χ3n) is 3.08. The number of carboxylic acids is 1. The third-order valence-corrected chi connectivity index (χ3v) is 3.08. The fraction of sp³-hybridized carbons (Fsp3) is 0.214. The summed E-state index contributed by atoms with van der Waals surface area (Å²) in [4.78, 5) is 11.2. The Morgan fingerprint density at radius 3 is 2.35 bits per heavy atom. The zero-order chi connectivity index (χ0) is 12.6. The molecular weight excluding hydrogens is 216 g/mol. The Bertz CT molecular complexity index is 585. The molecule has 3 nitrogen and oxygen atoms in total. The smallest absolute Gasteiger partial charge is 0.313 e. The van der Waals surface area contributed by atoms with Gasteiger partial charge in [-0.05, 0) is 48.4 Å². The molecule has 3 heteroatoms. The van der Waals surface area contributed by atoms with E-state index in [0.717, 1.165) is 16.3 Å². The second kappa shape index (κ2) is 3.77. The van der Waals surface area contributed by atoms with Crippen molar-refractivity contribution in [1.82, 2.24) is 0 Å². The molecule has 2 aromatic carbocycles. The van der Waals surface area contributed by atoms with Crippen molar-refractivity contribution >= 4 is 16.7 Å². The number of phenolic OH excluding ortho intramolecular Hbond substituents is 1. The van der Waals surface area contributed by atoms with Crippen molar-refractivity contribution in [2.24, 2.45) is 0 Å². The average molecular weight is 230 g/mol. The van der Waals surface area contributed by atoms with Crippen LogP contribution in [0.3, 0.4) is 0 Å². The largest absolute Gasteiger partial charge is 0.508 e. The van der Waals surface area contributed by atoms with E-state index >= 15 is 0 Å². The maximum absolute atomic E-state index is 11.2. The second-order valence-electron chi connectivity index (χ2n) is 4.68. The molecule has 0 heterocycles. The number of phenols is 1. The van der Waals surface area contributed by atoms with Crippen LogP contribution in [0.2, 0.25) is 0 Å². The SMILES string of the molecule is CC(C)(C(=O)O)c1ccc2ccc(O)cc2c1. The molecule has 0 aliphatic heterocycles. The summed E-state index contributed by atoms with van der Waals surface area (Å²) >= 11 is 0. The van der Waals surface area contributed by atoms with E-state index in [0.29, 0.717) is 0 Å². The summed E-state index contributed by atoms with van der Waals surface area (Å²) in [6, 6.07) is 10.6. The zero-order valence-corrected chi connectivity index (χ0v) is 9.77. The van der Waals surface area contributed by atoms with Gasteiger partial charge in [-0.25, -0.2) is 0 Å². The van der Waals surface area contributed by atoms with Gasteiger partial charge in [0.05, 0.1) is 5.41 Å². The van der Waals surface area contributed by atoms with E-state index in [1.807, 2.05) is 24.3 Å². The summed E-state index contributed by atoms with van der Waals surface area (Å²) in [5.41, 5.74) is -0.206. The first-order chi connectivity index (χ1) is 7.91. The molecule has 2 aromatic rings. The van der Waals surface area contributed by atoms with Gasteiger partial charge in [-0.15, -0.1) is 0 Å². The van der Waals surface area contributed by atoms with E-state index < -0.39 is 11.4 Å². The molecule has 0 saturated carbocycles. The summed E-state index contributed by atoms with van der Waals surface area (Å²) in [5.74, 6) is -0.681. The van der Waals surface area contributed by atoms with Crippen LogP contribution in [-0.4, -0.2) is 16.2 Å². The molecule has 0 aromatic heterocycles. The summed E-state index contributed by atoms with van der Waals surface area (Å²) in [6.07, 6.45) is 0. The third kappa shape index (κ3) is 1.96. The fourth-order valence-electron chi connectivity index (χ4n) is 1.75. The van der Waals surface area contributed by atoms with E-state index in [-0.39, 0.29) is 5.75 Å². The van der Waals surface area contributed by atoms with Gasteiger partial charge in [-0.3, -0.25) is 4.79 Å². The number of fused-ring (bicyclic) bond motifs is 1. The number of carbonyl (C=O) groups is 1. The molecule has 2 N–H and O–H groups in total. The topological polar surface area (TPSA) is 57.5 Å². The molecule has 0 aliphatic carbocycles. The van der Waals surface area contributed by atoms with E-state index in [9.17, 15) is 15.0 Å². The van der Waals surface area contributed by atoms with Gasteiger partial charge < -0.3 is 10.2 Å². The minimum absolute atomic E-state index is 0.183. The Balaban J connectivity index is 2.62. The van der Waals surface area contributed by atoms with Gasteiger partial charge in [0.15, 0.2) is 0 Å². The quantitative estimate of drug-likeness (QED) is 0.834. The molecule has 0 unspecified atom stereocenters. The molecule has 0 saturated heterocycles. The standard InChI is InChI=1S/C14H14O3/c1-14(2,13(16)17)11-5-3-9-4-6-12(15)8-10(9)7-11/h3-8,15H,1-2H3,(H,16,17). The van der Waals surface area contributed by atoms with Crippen molar-refractivity contribution in [3.05, 3.63) is 42.0 Å². The zero-order valence-electron chi connectivity index (χ0n) is 9.77. The van der Waals surface area contributed by atoms with Gasteiger partial charge in [0.2, 0.25) is 0 Å². The van der Waals surface area contributed by atoms with Crippen LogP contribution in [0.15, 0.2) is 36.4 Å². The van der Waals surface area contributed by atoms with Gasteiger partial charge in [-0.2, -0.15) is 0 Å². The highest BCUT2D eigenvalue weighted by molar-refractivity contribution is 5.87. The van der Waals surface area contributed by atoms with Crippen molar-refractivity contribution in [2.45, 2.75) is 19.3 Å². The normalized spacial score (nSPS) is 11.6. The van der Waals surface area contributed by atoms with Gasteiger partial charge in [0.25, 0.3) is 0 Å². The summed E-state index contributed by atoms with van der Waals surface area (Å²) in [6.45, 7) is 3.33. The first-order valence-electron chi connectivity index (χ1n) is 5.38. The van der Waals surface area contributed by atoms with Crippen LogP contribution in [0.5, 0.6) is 5.75 Å². The van der Waals surface area contributed by atoms with Crippen LogP contribution >= 0.6 is 0 Å². The fourth-order valence-corrected chi connectivity index (χ4v) is 1.75. The van der Waals surface area contributed by atoms with Gasteiger partial charge in [0.1, 0.15) is 5.75 Å². The molecule has 2 rings (SSSR count). The number of aromatic hydroxyl groups is 1. The number of hydrogen-bond acceptors (Lipinski definition) is 2. The molecule has 0 spiro atoms. The molecule has 0 aliphatic rings. The van der Waals surface area contributed by atoms with Crippen molar-refractivity contribution < 1.29 is 15.0 Å². The number of aliphatic carboxylic acids is 1. The summed E-state index contributed by atoms with van der Waals surface area (Å²) in [7, 11) is 0. The van der Waals surface area contributed by atoms with E-state index in [2.05, 4.69) is 0 Å². The molecule has 0 radical (unpaired) electrons. The highest BCUT2D eigenvalue weighted by Crippen LogP contribution is 2.28. The highest BCUT2D eigenvalue weighted by atomic mass is 16.4. The number of hydrogen-bond donors (Lipinski definition) is 2. The minimum atomic E-state index is -0.931. The summed E-state index contributed by atoms with van der Waals surface area (Å²) < 4.78 is 0. The molecular formula is C14H14O3. The molecule has 88 valence electrons. The van der Waals surface area contributed by atoms with Gasteiger partial charge in [0, 0.05) is 0 Å². The predicted octanol–water partition coefficient (Wildman–Crippen LogP) is 2.91. The monoisotopic (exact) mass is 230 g/mol. The highest BCUT2D eigenvalue weighted by Gasteiger charge is 2.29. The number of carboxylic acid groups (broad SMARTS) is 1. The minimum Gasteiger partial charge on any atom is -0.508 e. The maximum atomic E-state index is 11.2. The number of benzene rings is 2. The van der Waals surface area contributed by atoms with Crippen molar-refractivity contribution in [1.29, 1.82) is 0 Å². The second-order valence-corrected chi connectivity index (χ2v) is 4.68. The Morgan fingerprint density at radius 1 is 1.06 bits per heavy atom. The van der Waals surface area contributed by atoms with E-state index in [4.69, 9.17) is 0 Å². The Kier molecular flexibility index (Phi) is 2.54. The lowest BCUT2D eigenvalue weighted by Crippen LogP contribution is -2.28. The summed E-state index contributed by atoms with van der Waals surface area (Å²) in [5, 5.41) is 20.4. The van der Waals surface area contributed by atoms with Gasteiger partial charge >= 0.3 is 5.97 Å². The Morgan fingerprint density at radius 2 is 1.71 bits per heavy atom. The van der Waals surface area contributed by atoms with Crippen LogP contribution < -0.4 is 0 Å². The lowest BCUT2D eigenvalue weighted by atomic mass is 9.84. The van der Waals surface area contributed by atoms with Crippen LogP contribution in [0.1, 0.15) is 19.4 Å². The van der Waals surface area contributed by atoms with Crippen molar-refractivity contribution in [3.8, 4) is 5.75 Å². The lowest BCUT2D eigenvalue weighted by molar-refractivity contribution is -0.142. The molecule has 0 amide bonds. The Labute approximate surface area is 99.3 Å². The van der Waals surface area contributed by atoms with Crippen LogP contribution in [0.25, 0.3) is 10.8 Å². The van der Waals surface area contributed by atoms with Gasteiger partial charge in [-0.1, -0.05) is 18.2 Å². The van der Waals surface area contributed by atoms with Crippen LogP contribution in [0, 0.1) is 0 Å². The molecule has 0 atom stereocenters. The first kappa shape index (κ1) is 11.5. The van der Waals surface area contributed by atoms with E-state index in [1.165, 1.54) is 0 Å². The lowest BCUT2D eigenvalue weighted by Gasteiger charge is -2.20.